The van der Waals surface area contributed by atoms with Crippen LogP contribution in [0.25, 0.3) is 0 Å². The Bertz CT molecular complexity index is 538. The number of nitrogens with zero attached hydrogens (tertiary/aromatic N) is 1. The maximum absolute atomic E-state index is 9.61. The van der Waals surface area contributed by atoms with Crippen LogP contribution in [0.5, 0.6) is 5.75 Å². The van der Waals surface area contributed by atoms with Crippen LogP contribution in [0.2, 0.25) is 0 Å². The first kappa shape index (κ1) is 23.0. The van der Waals surface area contributed by atoms with Crippen molar-refractivity contribution < 1.29 is 9.84 Å². The first-order valence-electron chi connectivity index (χ1n) is 9.52. The van der Waals surface area contributed by atoms with E-state index in [9.17, 15) is 5.11 Å². The molecule has 0 aromatic heterocycles. The van der Waals surface area contributed by atoms with Crippen LogP contribution in [0, 0.1) is 13.8 Å². The third kappa shape index (κ3) is 7.70. The Hall–Kier alpha value is -1.02. The standard InChI is InChI=1S/C20H33N3O2.HI/c1-4-21-20(23-17-9-11-18(24)12-10-17)22-13-6-14-25-19-15(2)7-5-8-16(19)3;/h5,7-8,17-18,24H,4,6,9-14H2,1-3H3,(H2,21,22,23);1H. The maximum Gasteiger partial charge on any atom is 0.191 e. The van der Waals surface area contributed by atoms with Crippen LogP contribution in [-0.2, 0) is 0 Å². The molecule has 1 aromatic rings. The van der Waals surface area contributed by atoms with Gasteiger partial charge in [0.15, 0.2) is 5.96 Å². The van der Waals surface area contributed by atoms with E-state index in [4.69, 9.17) is 4.74 Å². The number of halogens is 1. The molecule has 148 valence electrons. The van der Waals surface area contributed by atoms with Crippen molar-refractivity contribution in [2.24, 2.45) is 4.99 Å². The van der Waals surface area contributed by atoms with Gasteiger partial charge in [0.25, 0.3) is 0 Å². The maximum atomic E-state index is 9.61. The molecule has 0 atom stereocenters. The van der Waals surface area contributed by atoms with E-state index in [2.05, 4.69) is 54.6 Å². The van der Waals surface area contributed by atoms with Gasteiger partial charge in [0, 0.05) is 25.6 Å². The van der Waals surface area contributed by atoms with Crippen molar-refractivity contribution in [1.82, 2.24) is 10.6 Å². The summed E-state index contributed by atoms with van der Waals surface area (Å²) in [6, 6.07) is 6.62. The summed E-state index contributed by atoms with van der Waals surface area (Å²) in [5.41, 5.74) is 2.36. The highest BCUT2D eigenvalue weighted by Gasteiger charge is 2.19. The highest BCUT2D eigenvalue weighted by molar-refractivity contribution is 14.0. The number of aliphatic hydroxyl groups is 1. The van der Waals surface area contributed by atoms with Crippen molar-refractivity contribution in [2.75, 3.05) is 19.7 Å². The van der Waals surface area contributed by atoms with E-state index in [0.717, 1.165) is 56.9 Å². The number of hydrogen-bond acceptors (Lipinski definition) is 3. The van der Waals surface area contributed by atoms with Crippen molar-refractivity contribution in [2.45, 2.75) is 65.0 Å². The zero-order valence-electron chi connectivity index (χ0n) is 16.3. The average Bonchev–Trinajstić information content (AvgIpc) is 2.59. The fraction of sp³-hybridized carbons (Fsp3) is 0.650. The smallest absolute Gasteiger partial charge is 0.191 e. The average molecular weight is 475 g/mol. The first-order chi connectivity index (χ1) is 12.1. The van der Waals surface area contributed by atoms with Gasteiger partial charge in [-0.05, 0) is 57.6 Å². The van der Waals surface area contributed by atoms with E-state index in [1.807, 2.05) is 0 Å². The molecule has 0 amide bonds. The summed E-state index contributed by atoms with van der Waals surface area (Å²) in [4.78, 5) is 4.65. The molecule has 1 saturated carbocycles. The third-order valence-electron chi connectivity index (χ3n) is 4.61. The number of aliphatic imine (C=N–C) groups is 1. The molecule has 3 N–H and O–H groups in total. The highest BCUT2D eigenvalue weighted by Crippen LogP contribution is 2.22. The van der Waals surface area contributed by atoms with Crippen LogP contribution in [-0.4, -0.2) is 42.9 Å². The molecule has 6 heteroatoms. The summed E-state index contributed by atoms with van der Waals surface area (Å²) in [6.07, 6.45) is 4.51. The van der Waals surface area contributed by atoms with Crippen LogP contribution >= 0.6 is 24.0 Å². The van der Waals surface area contributed by atoms with Crippen LogP contribution in [0.15, 0.2) is 23.2 Å². The molecule has 1 aromatic carbocycles. The van der Waals surface area contributed by atoms with Gasteiger partial charge < -0.3 is 20.5 Å². The van der Waals surface area contributed by atoms with Crippen molar-refractivity contribution in [3.05, 3.63) is 29.3 Å². The number of aryl methyl sites for hydroxylation is 2. The Morgan fingerprint density at radius 1 is 1.19 bits per heavy atom. The van der Waals surface area contributed by atoms with Gasteiger partial charge >= 0.3 is 0 Å². The van der Waals surface area contributed by atoms with E-state index < -0.39 is 0 Å². The number of para-hydroxylation sites is 1. The molecule has 0 bridgehead atoms. The summed E-state index contributed by atoms with van der Waals surface area (Å²) in [6.45, 7) is 8.48. The molecule has 1 aliphatic rings. The minimum Gasteiger partial charge on any atom is -0.493 e. The van der Waals surface area contributed by atoms with Crippen molar-refractivity contribution in [3.63, 3.8) is 0 Å². The van der Waals surface area contributed by atoms with Gasteiger partial charge in [0.05, 0.1) is 12.7 Å². The quantitative estimate of drug-likeness (QED) is 0.244. The normalized spacial score (nSPS) is 20.2. The zero-order valence-corrected chi connectivity index (χ0v) is 18.6. The van der Waals surface area contributed by atoms with Gasteiger partial charge in [0.2, 0.25) is 0 Å². The Morgan fingerprint density at radius 3 is 2.46 bits per heavy atom. The molecule has 0 aliphatic heterocycles. The molecule has 1 aliphatic carbocycles. The van der Waals surface area contributed by atoms with Gasteiger partial charge in [-0.2, -0.15) is 0 Å². The molecule has 26 heavy (non-hydrogen) atoms. The summed E-state index contributed by atoms with van der Waals surface area (Å²) >= 11 is 0. The number of benzene rings is 1. The molecule has 0 heterocycles. The molecule has 2 rings (SSSR count). The second-order valence-corrected chi connectivity index (χ2v) is 6.83. The van der Waals surface area contributed by atoms with E-state index in [0.29, 0.717) is 12.6 Å². The monoisotopic (exact) mass is 475 g/mol. The molecular formula is C20H34IN3O2. The molecule has 0 radical (unpaired) electrons. The van der Waals surface area contributed by atoms with Crippen LogP contribution in [0.1, 0.15) is 50.2 Å². The Labute approximate surface area is 175 Å². The molecule has 5 nitrogen and oxygen atoms in total. The van der Waals surface area contributed by atoms with E-state index in [-0.39, 0.29) is 30.1 Å². The second kappa shape index (κ2) is 12.4. The lowest BCUT2D eigenvalue weighted by Gasteiger charge is -2.27. The molecule has 0 saturated heterocycles. The fourth-order valence-corrected chi connectivity index (χ4v) is 3.19. The Kier molecular flexibility index (Phi) is 11.0. The third-order valence-corrected chi connectivity index (χ3v) is 4.61. The molecule has 0 unspecified atom stereocenters. The summed E-state index contributed by atoms with van der Waals surface area (Å²) < 4.78 is 5.93. The lowest BCUT2D eigenvalue weighted by Crippen LogP contribution is -2.45. The number of guanidine groups is 1. The minimum absolute atomic E-state index is 0. The van der Waals surface area contributed by atoms with E-state index in [1.165, 1.54) is 11.1 Å². The SMILES string of the molecule is CCNC(=NCCCOc1c(C)cccc1C)NC1CCC(O)CC1.I. The molecule has 0 spiro atoms. The fourth-order valence-electron chi connectivity index (χ4n) is 3.19. The summed E-state index contributed by atoms with van der Waals surface area (Å²) in [5.74, 6) is 1.87. The summed E-state index contributed by atoms with van der Waals surface area (Å²) in [7, 11) is 0. The zero-order chi connectivity index (χ0) is 18.1. The van der Waals surface area contributed by atoms with Gasteiger partial charge in [-0.15, -0.1) is 24.0 Å². The number of hydrogen-bond donors (Lipinski definition) is 3. The number of aliphatic hydroxyl groups excluding tert-OH is 1. The van der Waals surface area contributed by atoms with Crippen molar-refractivity contribution in [3.8, 4) is 5.75 Å². The van der Waals surface area contributed by atoms with E-state index >= 15 is 0 Å². The van der Waals surface area contributed by atoms with Crippen LogP contribution < -0.4 is 15.4 Å². The van der Waals surface area contributed by atoms with Gasteiger partial charge in [0.1, 0.15) is 5.75 Å². The second-order valence-electron chi connectivity index (χ2n) is 6.83. The van der Waals surface area contributed by atoms with Crippen LogP contribution in [0.3, 0.4) is 0 Å². The van der Waals surface area contributed by atoms with E-state index in [1.54, 1.807) is 0 Å². The van der Waals surface area contributed by atoms with Crippen molar-refractivity contribution >= 4 is 29.9 Å². The summed E-state index contributed by atoms with van der Waals surface area (Å²) in [5, 5.41) is 16.4. The molecule has 1 fully saturated rings. The predicted molar refractivity (Wildman–Crippen MR) is 119 cm³/mol. The van der Waals surface area contributed by atoms with Gasteiger partial charge in [-0.25, -0.2) is 0 Å². The van der Waals surface area contributed by atoms with Gasteiger partial charge in [-0.3, -0.25) is 4.99 Å². The number of nitrogens with one attached hydrogen (secondary N) is 2. The molecular weight excluding hydrogens is 441 g/mol. The number of rotatable bonds is 7. The van der Waals surface area contributed by atoms with Gasteiger partial charge in [-0.1, -0.05) is 18.2 Å². The Morgan fingerprint density at radius 2 is 1.85 bits per heavy atom. The lowest BCUT2D eigenvalue weighted by atomic mass is 9.93. The topological polar surface area (TPSA) is 65.9 Å². The highest BCUT2D eigenvalue weighted by atomic mass is 127. The minimum atomic E-state index is -0.125. The predicted octanol–water partition coefficient (Wildman–Crippen LogP) is 3.55. The lowest BCUT2D eigenvalue weighted by molar-refractivity contribution is 0.120. The Balaban J connectivity index is 0.00000338. The van der Waals surface area contributed by atoms with Crippen molar-refractivity contribution in [1.29, 1.82) is 0 Å². The van der Waals surface area contributed by atoms with Crippen LogP contribution in [0.4, 0.5) is 0 Å². The first-order valence-corrected chi connectivity index (χ1v) is 9.52. The largest absolute Gasteiger partial charge is 0.493 e. The number of ether oxygens (including phenoxy) is 1.